The van der Waals surface area contributed by atoms with Crippen molar-refractivity contribution in [2.45, 2.75) is 26.2 Å². The molecule has 0 radical (unpaired) electrons. The quantitative estimate of drug-likeness (QED) is 0.820. The van der Waals surface area contributed by atoms with Crippen LogP contribution in [0.4, 0.5) is 11.6 Å². The molecule has 2 rings (SSSR count). The highest BCUT2D eigenvalue weighted by Gasteiger charge is 1.98. The first-order valence-corrected chi connectivity index (χ1v) is 7.19. The van der Waals surface area contributed by atoms with Crippen molar-refractivity contribution in [3.63, 3.8) is 0 Å². The van der Waals surface area contributed by atoms with Crippen LogP contribution in [0, 0.1) is 3.57 Å². The summed E-state index contributed by atoms with van der Waals surface area (Å²) in [4.78, 5) is 8.43. The number of halogens is 1. The molecular formula is C14H16IN3. The summed E-state index contributed by atoms with van der Waals surface area (Å²) in [7, 11) is 0. The minimum absolute atomic E-state index is 0.636. The first-order valence-electron chi connectivity index (χ1n) is 6.11. The summed E-state index contributed by atoms with van der Waals surface area (Å²) in [6.07, 6.45) is 7.22. The Bertz CT molecular complexity index is 479. The maximum Gasteiger partial charge on any atom is 0.227 e. The van der Waals surface area contributed by atoms with Gasteiger partial charge >= 0.3 is 0 Å². The second-order valence-corrected chi connectivity index (χ2v) is 5.40. The van der Waals surface area contributed by atoms with Crippen molar-refractivity contribution >= 4 is 34.2 Å². The Hall–Kier alpha value is -1.17. The summed E-state index contributed by atoms with van der Waals surface area (Å²) in [5.74, 6) is 0.636. The fraction of sp³-hybridized carbons (Fsp3) is 0.286. The highest BCUT2D eigenvalue weighted by molar-refractivity contribution is 14.1. The van der Waals surface area contributed by atoms with E-state index in [2.05, 4.69) is 69.1 Å². The number of rotatable bonds is 5. The highest BCUT2D eigenvalue weighted by atomic mass is 127. The fourth-order valence-corrected chi connectivity index (χ4v) is 1.92. The predicted octanol–water partition coefficient (Wildman–Crippen LogP) is 4.17. The van der Waals surface area contributed by atoms with E-state index in [0.717, 1.165) is 15.7 Å². The molecule has 4 heteroatoms. The van der Waals surface area contributed by atoms with Gasteiger partial charge in [-0.1, -0.05) is 25.5 Å². The van der Waals surface area contributed by atoms with Crippen LogP contribution in [0.1, 0.15) is 25.3 Å². The molecule has 2 aromatic rings. The molecule has 1 N–H and O–H groups in total. The van der Waals surface area contributed by atoms with Gasteiger partial charge in [-0.25, -0.2) is 9.97 Å². The van der Waals surface area contributed by atoms with Crippen LogP contribution in [0.2, 0.25) is 0 Å². The van der Waals surface area contributed by atoms with Gasteiger partial charge in [0.1, 0.15) is 0 Å². The van der Waals surface area contributed by atoms with Gasteiger partial charge in [0.2, 0.25) is 5.95 Å². The molecule has 1 aromatic carbocycles. The van der Waals surface area contributed by atoms with Crippen molar-refractivity contribution < 1.29 is 0 Å². The Labute approximate surface area is 121 Å². The number of benzene rings is 1. The van der Waals surface area contributed by atoms with Gasteiger partial charge < -0.3 is 5.32 Å². The first-order chi connectivity index (χ1) is 8.78. The number of aryl methyl sites for hydroxylation is 1. The molecule has 1 aromatic heterocycles. The highest BCUT2D eigenvalue weighted by Crippen LogP contribution is 2.15. The molecule has 0 fully saturated rings. The number of anilines is 2. The minimum atomic E-state index is 0.636. The fourth-order valence-electron chi connectivity index (χ4n) is 1.64. The molecule has 18 heavy (non-hydrogen) atoms. The number of hydrogen-bond donors (Lipinski definition) is 1. The molecule has 0 amide bonds. The number of nitrogens with zero attached hydrogens (tertiary/aromatic N) is 2. The molecule has 0 saturated carbocycles. The van der Waals surface area contributed by atoms with E-state index in [1.54, 1.807) is 12.4 Å². The first kappa shape index (κ1) is 13.3. The summed E-state index contributed by atoms with van der Waals surface area (Å²) in [6, 6.07) is 8.47. The SMILES string of the molecule is CCCCc1ccc(Nc2ncc(I)cn2)cc1. The third-order valence-electron chi connectivity index (χ3n) is 2.65. The average molecular weight is 353 g/mol. The van der Waals surface area contributed by atoms with Gasteiger partial charge in [0.05, 0.1) is 0 Å². The monoisotopic (exact) mass is 353 g/mol. The summed E-state index contributed by atoms with van der Waals surface area (Å²) in [5, 5.41) is 3.19. The van der Waals surface area contributed by atoms with Crippen molar-refractivity contribution in [1.29, 1.82) is 0 Å². The second kappa shape index (κ2) is 6.68. The van der Waals surface area contributed by atoms with Crippen LogP contribution >= 0.6 is 22.6 Å². The lowest BCUT2D eigenvalue weighted by molar-refractivity contribution is 0.795. The van der Waals surface area contributed by atoms with Crippen LogP contribution in [0.3, 0.4) is 0 Å². The van der Waals surface area contributed by atoms with Crippen LogP contribution in [-0.2, 0) is 6.42 Å². The van der Waals surface area contributed by atoms with Gasteiger partial charge in [-0.05, 0) is 53.1 Å². The van der Waals surface area contributed by atoms with E-state index in [9.17, 15) is 0 Å². The van der Waals surface area contributed by atoms with E-state index in [1.807, 2.05) is 0 Å². The molecule has 0 unspecified atom stereocenters. The number of hydrogen-bond acceptors (Lipinski definition) is 3. The van der Waals surface area contributed by atoms with E-state index < -0.39 is 0 Å². The zero-order chi connectivity index (χ0) is 12.8. The predicted molar refractivity (Wildman–Crippen MR) is 83.1 cm³/mol. The van der Waals surface area contributed by atoms with Crippen molar-refractivity contribution in [2.75, 3.05) is 5.32 Å². The third kappa shape index (κ3) is 3.94. The van der Waals surface area contributed by atoms with E-state index in [0.29, 0.717) is 5.95 Å². The molecule has 0 aliphatic heterocycles. The molecule has 94 valence electrons. The van der Waals surface area contributed by atoms with Gasteiger partial charge in [0, 0.05) is 21.7 Å². The van der Waals surface area contributed by atoms with Gasteiger partial charge in [-0.15, -0.1) is 0 Å². The zero-order valence-corrected chi connectivity index (χ0v) is 12.5. The van der Waals surface area contributed by atoms with Crippen molar-refractivity contribution in [3.05, 3.63) is 45.8 Å². The van der Waals surface area contributed by atoms with Crippen molar-refractivity contribution in [3.8, 4) is 0 Å². The summed E-state index contributed by atoms with van der Waals surface area (Å²) in [6.45, 7) is 2.21. The molecule has 0 aliphatic rings. The Balaban J connectivity index is 1.99. The molecule has 1 heterocycles. The Morgan fingerprint density at radius 3 is 2.39 bits per heavy atom. The Kier molecular flexibility index (Phi) is 4.92. The largest absolute Gasteiger partial charge is 0.324 e. The van der Waals surface area contributed by atoms with Gasteiger partial charge in [0.25, 0.3) is 0 Å². The molecule has 0 atom stereocenters. The maximum absolute atomic E-state index is 4.22. The van der Waals surface area contributed by atoms with Crippen LogP contribution < -0.4 is 5.32 Å². The summed E-state index contributed by atoms with van der Waals surface area (Å²) < 4.78 is 1.04. The van der Waals surface area contributed by atoms with Crippen molar-refractivity contribution in [1.82, 2.24) is 9.97 Å². The second-order valence-electron chi connectivity index (χ2n) is 4.15. The lowest BCUT2D eigenvalue weighted by atomic mass is 10.1. The van der Waals surface area contributed by atoms with Gasteiger partial charge in [-0.3, -0.25) is 0 Å². The lowest BCUT2D eigenvalue weighted by Gasteiger charge is -2.05. The van der Waals surface area contributed by atoms with Crippen LogP contribution in [0.15, 0.2) is 36.7 Å². The number of unbranched alkanes of at least 4 members (excludes halogenated alkanes) is 1. The topological polar surface area (TPSA) is 37.8 Å². The summed E-state index contributed by atoms with van der Waals surface area (Å²) >= 11 is 2.19. The molecule has 3 nitrogen and oxygen atoms in total. The van der Waals surface area contributed by atoms with Crippen LogP contribution in [0.25, 0.3) is 0 Å². The molecule has 0 bridgehead atoms. The maximum atomic E-state index is 4.22. The molecular weight excluding hydrogens is 337 g/mol. The van der Waals surface area contributed by atoms with Gasteiger partial charge in [0.15, 0.2) is 0 Å². The van der Waals surface area contributed by atoms with E-state index in [-0.39, 0.29) is 0 Å². The minimum Gasteiger partial charge on any atom is -0.324 e. The van der Waals surface area contributed by atoms with Gasteiger partial charge in [-0.2, -0.15) is 0 Å². The Morgan fingerprint density at radius 2 is 1.78 bits per heavy atom. The Morgan fingerprint density at radius 1 is 1.11 bits per heavy atom. The normalized spacial score (nSPS) is 10.3. The number of nitrogens with one attached hydrogen (secondary N) is 1. The third-order valence-corrected chi connectivity index (χ3v) is 3.21. The van der Waals surface area contributed by atoms with Crippen LogP contribution in [-0.4, -0.2) is 9.97 Å². The van der Waals surface area contributed by atoms with Crippen LogP contribution in [0.5, 0.6) is 0 Å². The zero-order valence-electron chi connectivity index (χ0n) is 10.4. The summed E-state index contributed by atoms with van der Waals surface area (Å²) in [5.41, 5.74) is 2.40. The lowest BCUT2D eigenvalue weighted by Crippen LogP contribution is -1.96. The smallest absolute Gasteiger partial charge is 0.227 e. The molecule has 0 spiro atoms. The van der Waals surface area contributed by atoms with E-state index in [4.69, 9.17) is 0 Å². The molecule has 0 saturated heterocycles. The number of aromatic nitrogens is 2. The van der Waals surface area contributed by atoms with E-state index in [1.165, 1.54) is 18.4 Å². The van der Waals surface area contributed by atoms with E-state index >= 15 is 0 Å². The molecule has 0 aliphatic carbocycles. The average Bonchev–Trinajstić information content (AvgIpc) is 2.41. The standard InChI is InChI=1S/C14H16IN3/c1-2-3-4-11-5-7-13(8-6-11)18-14-16-9-12(15)10-17-14/h5-10H,2-4H2,1H3,(H,16,17,18). The van der Waals surface area contributed by atoms with Crippen molar-refractivity contribution in [2.24, 2.45) is 0 Å².